The fourth-order valence-electron chi connectivity index (χ4n) is 1.56. The van der Waals surface area contributed by atoms with E-state index in [-0.39, 0.29) is 0 Å². The monoisotopic (exact) mass is 250 g/mol. The SMILES string of the molecule is CC(O)CC(O)CCOCCC(O)CC(C)O. The molecule has 0 saturated heterocycles. The van der Waals surface area contributed by atoms with Crippen LogP contribution < -0.4 is 0 Å². The van der Waals surface area contributed by atoms with Crippen molar-refractivity contribution in [1.82, 2.24) is 0 Å². The van der Waals surface area contributed by atoms with Gasteiger partial charge in [-0.2, -0.15) is 0 Å². The normalized spacial score (nSPS) is 18.7. The van der Waals surface area contributed by atoms with E-state index in [4.69, 9.17) is 14.9 Å². The van der Waals surface area contributed by atoms with Gasteiger partial charge in [-0.1, -0.05) is 0 Å². The van der Waals surface area contributed by atoms with E-state index < -0.39 is 24.4 Å². The molecule has 17 heavy (non-hydrogen) atoms. The van der Waals surface area contributed by atoms with E-state index in [0.29, 0.717) is 38.9 Å². The lowest BCUT2D eigenvalue weighted by molar-refractivity contribution is 0.0302. The lowest BCUT2D eigenvalue weighted by Gasteiger charge is -2.14. The number of hydrogen-bond donors (Lipinski definition) is 4. The minimum Gasteiger partial charge on any atom is -0.393 e. The van der Waals surface area contributed by atoms with Gasteiger partial charge >= 0.3 is 0 Å². The molecule has 0 saturated carbocycles. The Morgan fingerprint density at radius 1 is 0.765 bits per heavy atom. The molecule has 0 amide bonds. The Balaban J connectivity index is 3.34. The van der Waals surface area contributed by atoms with Crippen molar-refractivity contribution in [3.05, 3.63) is 0 Å². The van der Waals surface area contributed by atoms with Crippen molar-refractivity contribution in [3.8, 4) is 0 Å². The van der Waals surface area contributed by atoms with Crippen LogP contribution in [0.3, 0.4) is 0 Å². The first kappa shape index (κ1) is 16.8. The summed E-state index contributed by atoms with van der Waals surface area (Å²) < 4.78 is 5.25. The van der Waals surface area contributed by atoms with Crippen molar-refractivity contribution in [2.75, 3.05) is 13.2 Å². The maximum absolute atomic E-state index is 9.42. The minimum absolute atomic E-state index is 0.355. The second-order valence-electron chi connectivity index (χ2n) is 4.67. The minimum atomic E-state index is -0.544. The lowest BCUT2D eigenvalue weighted by Crippen LogP contribution is -2.19. The van der Waals surface area contributed by atoms with Crippen molar-refractivity contribution in [3.63, 3.8) is 0 Å². The van der Waals surface area contributed by atoms with Crippen LogP contribution in [0.1, 0.15) is 39.5 Å². The number of hydrogen-bond acceptors (Lipinski definition) is 5. The molecule has 0 aromatic rings. The number of aliphatic hydroxyl groups excluding tert-OH is 4. The predicted octanol–water partition coefficient (Wildman–Crippen LogP) is 0.0468. The van der Waals surface area contributed by atoms with E-state index in [9.17, 15) is 10.2 Å². The quantitative estimate of drug-likeness (QED) is 0.411. The van der Waals surface area contributed by atoms with Crippen LogP contribution in [0, 0.1) is 0 Å². The van der Waals surface area contributed by atoms with Crippen LogP contribution in [0.4, 0.5) is 0 Å². The molecule has 0 aromatic heterocycles. The molecule has 4 N–H and O–H groups in total. The Labute approximate surface area is 103 Å². The second-order valence-corrected chi connectivity index (χ2v) is 4.67. The van der Waals surface area contributed by atoms with Gasteiger partial charge in [0.25, 0.3) is 0 Å². The Morgan fingerprint density at radius 3 is 1.41 bits per heavy atom. The molecule has 0 radical (unpaired) electrons. The summed E-state index contributed by atoms with van der Waals surface area (Å²) in [5.41, 5.74) is 0. The molecule has 104 valence electrons. The van der Waals surface area contributed by atoms with Crippen molar-refractivity contribution in [2.24, 2.45) is 0 Å². The van der Waals surface area contributed by atoms with Gasteiger partial charge in [-0.05, 0) is 39.5 Å². The summed E-state index contributed by atoms with van der Waals surface area (Å²) in [6, 6.07) is 0. The molecule has 0 spiro atoms. The van der Waals surface area contributed by atoms with Crippen LogP contribution in [0.5, 0.6) is 0 Å². The molecule has 5 nitrogen and oxygen atoms in total. The van der Waals surface area contributed by atoms with E-state index in [1.165, 1.54) is 0 Å². The van der Waals surface area contributed by atoms with E-state index in [1.807, 2.05) is 0 Å². The molecule has 0 aromatic carbocycles. The van der Waals surface area contributed by atoms with Gasteiger partial charge in [0.1, 0.15) is 0 Å². The molecule has 0 rings (SSSR count). The van der Waals surface area contributed by atoms with Crippen molar-refractivity contribution < 1.29 is 25.2 Å². The first-order valence-corrected chi connectivity index (χ1v) is 6.21. The first-order valence-electron chi connectivity index (χ1n) is 6.21. The third-order valence-corrected chi connectivity index (χ3v) is 2.42. The van der Waals surface area contributed by atoms with Crippen LogP contribution >= 0.6 is 0 Å². The zero-order valence-corrected chi connectivity index (χ0v) is 10.7. The van der Waals surface area contributed by atoms with Crippen molar-refractivity contribution in [1.29, 1.82) is 0 Å². The van der Waals surface area contributed by atoms with Gasteiger partial charge in [0.2, 0.25) is 0 Å². The summed E-state index contributed by atoms with van der Waals surface area (Å²) in [5.74, 6) is 0. The summed E-state index contributed by atoms with van der Waals surface area (Å²) in [6.45, 7) is 4.09. The first-order chi connectivity index (χ1) is 7.91. The molecule has 0 heterocycles. The van der Waals surface area contributed by atoms with Gasteiger partial charge in [-0.25, -0.2) is 0 Å². The standard InChI is InChI=1S/C12H26O5/c1-9(13)7-11(15)3-5-17-6-4-12(16)8-10(2)14/h9-16H,3-8H2,1-2H3. The number of aliphatic hydroxyl groups is 4. The summed E-state index contributed by atoms with van der Waals surface area (Å²) in [4.78, 5) is 0. The van der Waals surface area contributed by atoms with Gasteiger partial charge in [-0.3, -0.25) is 0 Å². The maximum atomic E-state index is 9.42. The molecular formula is C12H26O5. The number of ether oxygens (including phenoxy) is 1. The van der Waals surface area contributed by atoms with Gasteiger partial charge < -0.3 is 25.2 Å². The highest BCUT2D eigenvalue weighted by Crippen LogP contribution is 2.04. The van der Waals surface area contributed by atoms with Crippen LogP contribution in [0.25, 0.3) is 0 Å². The van der Waals surface area contributed by atoms with Crippen LogP contribution in [-0.2, 0) is 4.74 Å². The van der Waals surface area contributed by atoms with Crippen molar-refractivity contribution >= 4 is 0 Å². The number of rotatable bonds is 10. The van der Waals surface area contributed by atoms with Gasteiger partial charge in [0.15, 0.2) is 0 Å². The molecule has 5 heteroatoms. The smallest absolute Gasteiger partial charge is 0.0586 e. The average molecular weight is 250 g/mol. The molecule has 4 unspecified atom stereocenters. The zero-order chi connectivity index (χ0) is 13.3. The third-order valence-electron chi connectivity index (χ3n) is 2.42. The fraction of sp³-hybridized carbons (Fsp3) is 1.00. The summed E-state index contributed by atoms with van der Waals surface area (Å²) >= 11 is 0. The Morgan fingerprint density at radius 2 is 1.12 bits per heavy atom. The van der Waals surface area contributed by atoms with E-state index >= 15 is 0 Å². The molecule has 0 aliphatic carbocycles. The highest BCUT2D eigenvalue weighted by atomic mass is 16.5. The highest BCUT2D eigenvalue weighted by Gasteiger charge is 2.09. The van der Waals surface area contributed by atoms with Crippen LogP contribution in [-0.4, -0.2) is 58.1 Å². The van der Waals surface area contributed by atoms with Gasteiger partial charge in [-0.15, -0.1) is 0 Å². The fourth-order valence-corrected chi connectivity index (χ4v) is 1.56. The Hall–Kier alpha value is -0.200. The lowest BCUT2D eigenvalue weighted by atomic mass is 10.1. The second kappa shape index (κ2) is 9.79. The predicted molar refractivity (Wildman–Crippen MR) is 64.7 cm³/mol. The highest BCUT2D eigenvalue weighted by molar-refractivity contribution is 4.61. The Bertz CT molecular complexity index is 154. The average Bonchev–Trinajstić information content (AvgIpc) is 2.14. The molecular weight excluding hydrogens is 224 g/mol. The molecule has 0 bridgehead atoms. The van der Waals surface area contributed by atoms with E-state index in [2.05, 4.69) is 0 Å². The van der Waals surface area contributed by atoms with Gasteiger partial charge in [0, 0.05) is 13.2 Å². The van der Waals surface area contributed by atoms with E-state index in [1.54, 1.807) is 13.8 Å². The zero-order valence-electron chi connectivity index (χ0n) is 10.7. The summed E-state index contributed by atoms with van der Waals surface area (Å²) in [5, 5.41) is 36.9. The molecule has 0 aliphatic rings. The van der Waals surface area contributed by atoms with Crippen LogP contribution in [0.2, 0.25) is 0 Å². The molecule has 4 atom stereocenters. The largest absolute Gasteiger partial charge is 0.393 e. The van der Waals surface area contributed by atoms with Crippen molar-refractivity contribution in [2.45, 2.75) is 63.9 Å². The third kappa shape index (κ3) is 12.1. The topological polar surface area (TPSA) is 90.2 Å². The Kier molecular flexibility index (Phi) is 9.68. The van der Waals surface area contributed by atoms with Gasteiger partial charge in [0.05, 0.1) is 24.4 Å². The van der Waals surface area contributed by atoms with E-state index in [0.717, 1.165) is 0 Å². The maximum Gasteiger partial charge on any atom is 0.0586 e. The summed E-state index contributed by atoms with van der Waals surface area (Å²) in [6.07, 6.45) is -0.415. The van der Waals surface area contributed by atoms with Crippen LogP contribution in [0.15, 0.2) is 0 Å². The molecule has 0 fully saturated rings. The summed E-state index contributed by atoms with van der Waals surface area (Å²) in [7, 11) is 0. The molecule has 0 aliphatic heterocycles.